The number of hydrogen-bond acceptors (Lipinski definition) is 9. The molecule has 1 saturated heterocycles. The highest BCUT2D eigenvalue weighted by atomic mass is 16.7. The van der Waals surface area contributed by atoms with Crippen LogP contribution in [-0.2, 0) is 14.3 Å². The molecule has 1 heterocycles. The van der Waals surface area contributed by atoms with E-state index in [-0.39, 0.29) is 0 Å². The highest BCUT2D eigenvalue weighted by molar-refractivity contribution is 5.88. The zero-order valence-corrected chi connectivity index (χ0v) is 12.1. The number of hydrogen-bond donors (Lipinski definition) is 6. The van der Waals surface area contributed by atoms with Crippen molar-refractivity contribution in [3.63, 3.8) is 0 Å². The minimum atomic E-state index is -3.13. The quantitative estimate of drug-likeness (QED) is 0.166. The van der Waals surface area contributed by atoms with Gasteiger partial charge in [-0.1, -0.05) is 5.11 Å². The molecule has 1 aliphatic rings. The number of carboxylic acid groups (broad SMARTS) is 1. The van der Waals surface area contributed by atoms with E-state index in [2.05, 4.69) is 10.0 Å². The Morgan fingerprint density at radius 2 is 2.04 bits per heavy atom. The molecule has 1 aliphatic heterocycles. The molecule has 0 radical (unpaired) electrons. The van der Waals surface area contributed by atoms with E-state index in [0.29, 0.717) is 0 Å². The smallest absolute Gasteiger partial charge is 0.365 e. The van der Waals surface area contributed by atoms with Gasteiger partial charge in [0.15, 0.2) is 0 Å². The molecule has 12 nitrogen and oxygen atoms in total. The normalized spacial score (nSPS) is 36.6. The third kappa shape index (κ3) is 3.59. The number of azide groups is 1. The largest absolute Gasteiger partial charge is 0.477 e. The van der Waals surface area contributed by atoms with E-state index in [0.717, 1.165) is 6.92 Å². The van der Waals surface area contributed by atoms with Crippen LogP contribution in [0.3, 0.4) is 0 Å². The van der Waals surface area contributed by atoms with Crippen LogP contribution in [0, 0.1) is 5.92 Å². The average Bonchev–Trinajstić information content (AvgIpc) is 2.47. The predicted octanol–water partition coefficient (Wildman–Crippen LogP) is -2.92. The second kappa shape index (κ2) is 7.19. The fraction of sp³-hybridized carbons (Fsp3) is 0.818. The van der Waals surface area contributed by atoms with Gasteiger partial charge >= 0.3 is 5.97 Å². The van der Waals surface area contributed by atoms with Gasteiger partial charge in [-0.15, -0.1) is 0 Å². The first-order valence-electron chi connectivity index (χ1n) is 6.52. The minimum absolute atomic E-state index is 0.581. The summed E-state index contributed by atoms with van der Waals surface area (Å²) in [6.07, 6.45) is -7.16. The van der Waals surface area contributed by atoms with E-state index >= 15 is 0 Å². The van der Waals surface area contributed by atoms with E-state index in [1.165, 1.54) is 0 Å². The number of aliphatic hydroxyl groups is 4. The maximum absolute atomic E-state index is 11.5. The van der Waals surface area contributed by atoms with Crippen LogP contribution in [0.4, 0.5) is 0 Å². The molecule has 0 aromatic rings. The van der Waals surface area contributed by atoms with Crippen LogP contribution in [0.25, 0.3) is 10.4 Å². The Morgan fingerprint density at radius 3 is 2.48 bits per heavy atom. The van der Waals surface area contributed by atoms with Gasteiger partial charge in [-0.25, -0.2) is 4.79 Å². The van der Waals surface area contributed by atoms with Crippen molar-refractivity contribution in [2.24, 2.45) is 16.8 Å². The van der Waals surface area contributed by atoms with Crippen LogP contribution in [0.1, 0.15) is 6.92 Å². The summed E-state index contributed by atoms with van der Waals surface area (Å²) in [5.74, 6) is -7.87. The molecule has 0 aromatic carbocycles. The number of ether oxygens (including phenoxy) is 1. The second-order valence-corrected chi connectivity index (χ2v) is 5.21. The van der Waals surface area contributed by atoms with Gasteiger partial charge in [0.05, 0.1) is 24.8 Å². The second-order valence-electron chi connectivity index (χ2n) is 5.21. The van der Waals surface area contributed by atoms with Crippen LogP contribution in [0.2, 0.25) is 0 Å². The Hall–Kier alpha value is -1.79. The summed E-state index contributed by atoms with van der Waals surface area (Å²) in [5, 5.41) is 51.9. The Balaban J connectivity index is 3.15. The average molecular weight is 334 g/mol. The standard InChI is InChI=1S/C11H18N4O8/c1-3(16)5-8(19)6(12)9(23-11(5,22)10(20)21)7(18)4(17)2-14-15-13/h4-9,17-19,22H,2,12H2,1H3,(H,20,21)/t4-,5?,6-,7-,8+,9-,11?/m1/s1. The van der Waals surface area contributed by atoms with Crippen LogP contribution in [0.15, 0.2) is 5.11 Å². The zero-order valence-electron chi connectivity index (χ0n) is 12.1. The van der Waals surface area contributed by atoms with Crippen LogP contribution >= 0.6 is 0 Å². The first-order chi connectivity index (χ1) is 10.6. The predicted molar refractivity (Wildman–Crippen MR) is 71.6 cm³/mol. The molecule has 0 amide bonds. The molecule has 0 bridgehead atoms. The number of aliphatic hydroxyl groups excluding tert-OH is 3. The number of nitrogens with two attached hydrogens (primary N) is 1. The summed E-state index contributed by atoms with van der Waals surface area (Å²) in [4.78, 5) is 25.2. The van der Waals surface area contributed by atoms with Gasteiger partial charge in [0.25, 0.3) is 5.79 Å². The zero-order chi connectivity index (χ0) is 17.9. The van der Waals surface area contributed by atoms with Gasteiger partial charge in [0.1, 0.15) is 23.9 Å². The van der Waals surface area contributed by atoms with E-state index in [1.807, 2.05) is 0 Å². The van der Waals surface area contributed by atoms with Crippen LogP contribution < -0.4 is 5.73 Å². The topological polar surface area (TPSA) is 219 Å². The molecule has 0 saturated carbocycles. The summed E-state index contributed by atoms with van der Waals surface area (Å²) in [5.41, 5.74) is 13.8. The molecule has 12 heteroatoms. The number of carbonyl (C=O) groups excluding carboxylic acids is 1. The van der Waals surface area contributed by atoms with Crippen molar-refractivity contribution in [1.29, 1.82) is 0 Å². The van der Waals surface area contributed by atoms with Gasteiger partial charge in [-0.2, -0.15) is 0 Å². The molecule has 0 aliphatic carbocycles. The van der Waals surface area contributed by atoms with Crippen molar-refractivity contribution in [2.45, 2.75) is 43.2 Å². The van der Waals surface area contributed by atoms with Gasteiger partial charge in [-0.05, 0) is 12.5 Å². The summed E-state index contributed by atoms with van der Waals surface area (Å²) < 4.78 is 4.86. The highest BCUT2D eigenvalue weighted by Crippen LogP contribution is 2.35. The number of ketones is 1. The molecule has 1 rings (SSSR count). The number of aliphatic carboxylic acids is 1. The Morgan fingerprint density at radius 1 is 1.48 bits per heavy atom. The summed E-state index contributed by atoms with van der Waals surface area (Å²) in [6.45, 7) is 0.354. The molecule has 1 fully saturated rings. The van der Waals surface area contributed by atoms with Gasteiger partial charge in [0.2, 0.25) is 0 Å². The third-order valence-corrected chi connectivity index (χ3v) is 3.66. The molecule has 2 unspecified atom stereocenters. The van der Waals surface area contributed by atoms with E-state index in [9.17, 15) is 30.0 Å². The molecule has 7 N–H and O–H groups in total. The summed E-state index contributed by atoms with van der Waals surface area (Å²) >= 11 is 0. The number of nitrogens with zero attached hydrogens (tertiary/aromatic N) is 3. The Kier molecular flexibility index (Phi) is 6.02. The molecule has 0 aromatic heterocycles. The number of carbonyl (C=O) groups is 2. The van der Waals surface area contributed by atoms with Crippen molar-refractivity contribution < 1.29 is 39.9 Å². The fourth-order valence-corrected chi connectivity index (χ4v) is 2.45. The number of carboxylic acids is 1. The highest BCUT2D eigenvalue weighted by Gasteiger charge is 2.60. The molecule has 7 atom stereocenters. The number of Topliss-reactive ketones (excluding diaryl/α,β-unsaturated/α-hetero) is 1. The molecule has 0 spiro atoms. The summed E-state index contributed by atoms with van der Waals surface area (Å²) in [6, 6.07) is -1.49. The fourth-order valence-electron chi connectivity index (χ4n) is 2.45. The Labute approximate surface area is 129 Å². The molecular weight excluding hydrogens is 316 g/mol. The first-order valence-corrected chi connectivity index (χ1v) is 6.52. The minimum Gasteiger partial charge on any atom is -0.477 e. The molecular formula is C11H18N4O8. The van der Waals surface area contributed by atoms with E-state index in [4.69, 9.17) is 21.1 Å². The SMILES string of the molecule is CC(=O)C1[C@H](O)[C@@H](N)[C@H]([C@H](O)[C@H](O)CN=[N+]=[N-])OC1(O)C(=O)O. The lowest BCUT2D eigenvalue weighted by atomic mass is 9.79. The van der Waals surface area contributed by atoms with E-state index in [1.54, 1.807) is 0 Å². The van der Waals surface area contributed by atoms with Gasteiger partial charge < -0.3 is 36.0 Å². The third-order valence-electron chi connectivity index (χ3n) is 3.66. The molecule has 130 valence electrons. The maximum atomic E-state index is 11.5. The monoisotopic (exact) mass is 334 g/mol. The lowest BCUT2D eigenvalue weighted by molar-refractivity contribution is -0.310. The summed E-state index contributed by atoms with van der Waals surface area (Å²) in [7, 11) is 0. The first kappa shape index (κ1) is 19.3. The van der Waals surface area contributed by atoms with Gasteiger partial charge in [-0.3, -0.25) is 4.79 Å². The maximum Gasteiger partial charge on any atom is 0.365 e. The van der Waals surface area contributed by atoms with Crippen molar-refractivity contribution >= 4 is 11.8 Å². The van der Waals surface area contributed by atoms with Gasteiger partial charge in [0, 0.05) is 4.91 Å². The van der Waals surface area contributed by atoms with Crippen molar-refractivity contribution in [2.75, 3.05) is 6.54 Å². The Bertz CT molecular complexity index is 520. The van der Waals surface area contributed by atoms with Crippen molar-refractivity contribution in [3.05, 3.63) is 10.4 Å². The van der Waals surface area contributed by atoms with Crippen LogP contribution in [0.5, 0.6) is 0 Å². The van der Waals surface area contributed by atoms with Crippen LogP contribution in [-0.4, -0.2) is 80.1 Å². The van der Waals surface area contributed by atoms with Crippen molar-refractivity contribution in [3.8, 4) is 0 Å². The number of rotatable bonds is 6. The van der Waals surface area contributed by atoms with E-state index < -0.39 is 60.5 Å². The van der Waals surface area contributed by atoms with Crippen molar-refractivity contribution in [1.82, 2.24) is 0 Å². The lowest BCUT2D eigenvalue weighted by Crippen LogP contribution is -2.71. The molecule has 23 heavy (non-hydrogen) atoms. The lowest BCUT2D eigenvalue weighted by Gasteiger charge is -2.47.